The second kappa shape index (κ2) is 4.95. The van der Waals surface area contributed by atoms with Gasteiger partial charge < -0.3 is 0 Å². The van der Waals surface area contributed by atoms with Crippen LogP contribution in [-0.2, 0) is 9.84 Å². The summed E-state index contributed by atoms with van der Waals surface area (Å²) in [5.41, 5.74) is 1.49. The number of hydrogen-bond donors (Lipinski definition) is 0. The third-order valence-electron chi connectivity index (χ3n) is 4.61. The monoisotopic (exact) mass is 293 g/mol. The van der Waals surface area contributed by atoms with Crippen LogP contribution in [0.1, 0.15) is 48.2 Å². The average Bonchev–Trinajstić information content (AvgIpc) is 2.37. The van der Waals surface area contributed by atoms with Gasteiger partial charge in [-0.25, -0.2) is 8.42 Å². The van der Waals surface area contributed by atoms with Crippen LogP contribution in [-0.4, -0.2) is 29.7 Å². The summed E-state index contributed by atoms with van der Waals surface area (Å²) in [6.45, 7) is 1.93. The van der Waals surface area contributed by atoms with Gasteiger partial charge in [0, 0.05) is 12.1 Å². The molecule has 0 aliphatic carbocycles. The zero-order valence-corrected chi connectivity index (χ0v) is 12.4. The van der Waals surface area contributed by atoms with Crippen molar-refractivity contribution in [3.05, 3.63) is 29.6 Å². The first kappa shape index (κ1) is 13.7. The number of nitrogens with zero attached hydrogens (tertiary/aromatic N) is 1. The summed E-state index contributed by atoms with van der Waals surface area (Å²) in [4.78, 5) is 16.7. The van der Waals surface area contributed by atoms with Gasteiger partial charge in [0.1, 0.15) is 5.69 Å². The number of carbonyl (C=O) groups is 1. The van der Waals surface area contributed by atoms with Crippen LogP contribution in [0.2, 0.25) is 0 Å². The summed E-state index contributed by atoms with van der Waals surface area (Å²) in [5.74, 6) is -0.166. The molecule has 0 amide bonds. The SMILES string of the molecule is Cc1ccc(C(=O)C2CC3CCCC(C2)S3(=O)=O)nc1. The predicted octanol–water partition coefficient (Wildman–Crippen LogP) is 2.32. The van der Waals surface area contributed by atoms with Crippen molar-refractivity contribution in [2.45, 2.75) is 49.5 Å². The Labute approximate surface area is 119 Å². The number of aromatic nitrogens is 1. The van der Waals surface area contributed by atoms with Gasteiger partial charge in [-0.05, 0) is 44.2 Å². The molecule has 2 atom stereocenters. The zero-order chi connectivity index (χ0) is 14.3. The number of pyridine rings is 1. The highest BCUT2D eigenvalue weighted by Gasteiger charge is 2.46. The molecule has 4 nitrogen and oxygen atoms in total. The van der Waals surface area contributed by atoms with E-state index in [1.54, 1.807) is 12.3 Å². The topological polar surface area (TPSA) is 64.1 Å². The van der Waals surface area contributed by atoms with Crippen LogP contribution in [0, 0.1) is 12.8 Å². The van der Waals surface area contributed by atoms with Crippen LogP contribution in [0.4, 0.5) is 0 Å². The first-order valence-corrected chi connectivity index (χ1v) is 8.79. The first-order chi connectivity index (χ1) is 9.48. The maximum absolute atomic E-state index is 12.5. The Kier molecular flexibility index (Phi) is 3.40. The number of aryl methyl sites for hydroxylation is 1. The number of Topliss-reactive ketones (excluding diaryl/α,β-unsaturated/α-hetero) is 1. The Morgan fingerprint density at radius 1 is 1.20 bits per heavy atom. The lowest BCUT2D eigenvalue weighted by Gasteiger charge is -2.37. The van der Waals surface area contributed by atoms with E-state index in [9.17, 15) is 13.2 Å². The van der Waals surface area contributed by atoms with E-state index < -0.39 is 9.84 Å². The Morgan fingerprint density at radius 2 is 1.85 bits per heavy atom. The standard InChI is InChI=1S/C15H19NO3S/c1-10-5-6-14(16-9-10)15(17)11-7-12-3-2-4-13(8-11)20(12,18)19/h5-6,9,11-13H,2-4,7-8H2,1H3. The molecule has 1 aromatic heterocycles. The molecule has 3 rings (SSSR count). The molecule has 2 aliphatic heterocycles. The van der Waals surface area contributed by atoms with E-state index in [0.717, 1.165) is 12.0 Å². The van der Waals surface area contributed by atoms with Gasteiger partial charge in [-0.15, -0.1) is 0 Å². The molecule has 20 heavy (non-hydrogen) atoms. The van der Waals surface area contributed by atoms with Gasteiger partial charge in [0.05, 0.1) is 10.5 Å². The minimum atomic E-state index is -2.99. The lowest BCUT2D eigenvalue weighted by molar-refractivity contribution is 0.0889. The summed E-state index contributed by atoms with van der Waals surface area (Å²) in [6, 6.07) is 3.62. The largest absolute Gasteiger partial charge is 0.292 e. The molecule has 5 heteroatoms. The third kappa shape index (κ3) is 2.28. The molecule has 108 valence electrons. The molecule has 3 heterocycles. The van der Waals surface area contributed by atoms with Crippen molar-refractivity contribution in [1.29, 1.82) is 0 Å². The molecule has 2 saturated heterocycles. The Hall–Kier alpha value is -1.23. The van der Waals surface area contributed by atoms with Crippen LogP contribution in [0.15, 0.2) is 18.3 Å². The molecule has 2 aliphatic rings. The minimum Gasteiger partial charge on any atom is -0.292 e. The van der Waals surface area contributed by atoms with Crippen molar-refractivity contribution in [1.82, 2.24) is 4.98 Å². The van der Waals surface area contributed by atoms with Gasteiger partial charge >= 0.3 is 0 Å². The van der Waals surface area contributed by atoms with Crippen molar-refractivity contribution in [3.63, 3.8) is 0 Å². The second-order valence-electron chi connectivity index (χ2n) is 6.02. The molecule has 0 aromatic carbocycles. The molecule has 0 saturated carbocycles. The van der Waals surface area contributed by atoms with Gasteiger partial charge in [-0.3, -0.25) is 9.78 Å². The van der Waals surface area contributed by atoms with Crippen LogP contribution >= 0.6 is 0 Å². The van der Waals surface area contributed by atoms with E-state index in [-0.39, 0.29) is 22.2 Å². The van der Waals surface area contributed by atoms with E-state index in [0.29, 0.717) is 31.4 Å². The first-order valence-electron chi connectivity index (χ1n) is 7.18. The average molecular weight is 293 g/mol. The molecule has 0 radical (unpaired) electrons. The maximum atomic E-state index is 12.5. The van der Waals surface area contributed by atoms with Crippen molar-refractivity contribution >= 4 is 15.6 Å². The molecule has 2 bridgehead atoms. The Bertz CT molecular complexity index is 601. The summed E-state index contributed by atoms with van der Waals surface area (Å²) < 4.78 is 24.4. The Balaban J connectivity index is 1.82. The number of sulfone groups is 1. The molecule has 2 unspecified atom stereocenters. The summed E-state index contributed by atoms with van der Waals surface area (Å²) >= 11 is 0. The van der Waals surface area contributed by atoms with Crippen molar-refractivity contribution in [3.8, 4) is 0 Å². The number of rotatable bonds is 2. The summed E-state index contributed by atoms with van der Waals surface area (Å²) in [5, 5.41) is -0.621. The van der Waals surface area contributed by atoms with E-state index in [2.05, 4.69) is 4.98 Å². The highest BCUT2D eigenvalue weighted by molar-refractivity contribution is 7.92. The highest BCUT2D eigenvalue weighted by atomic mass is 32.2. The molecule has 2 fully saturated rings. The zero-order valence-electron chi connectivity index (χ0n) is 11.6. The smallest absolute Gasteiger partial charge is 0.184 e. The highest BCUT2D eigenvalue weighted by Crippen LogP contribution is 2.40. The van der Waals surface area contributed by atoms with Crippen LogP contribution in [0.25, 0.3) is 0 Å². The lowest BCUT2D eigenvalue weighted by atomic mass is 9.85. The third-order valence-corrected chi connectivity index (χ3v) is 7.33. The van der Waals surface area contributed by atoms with Gasteiger partial charge in [-0.1, -0.05) is 12.5 Å². The molecular weight excluding hydrogens is 274 g/mol. The summed E-state index contributed by atoms with van der Waals surface area (Å²) in [6.07, 6.45) is 5.04. The number of ketones is 1. The number of hydrogen-bond acceptors (Lipinski definition) is 4. The quantitative estimate of drug-likeness (QED) is 0.785. The second-order valence-corrected chi connectivity index (χ2v) is 8.53. The maximum Gasteiger partial charge on any atom is 0.184 e. The fourth-order valence-electron chi connectivity index (χ4n) is 3.45. The van der Waals surface area contributed by atoms with E-state index in [4.69, 9.17) is 0 Å². The molecule has 1 aromatic rings. The van der Waals surface area contributed by atoms with Crippen molar-refractivity contribution in [2.75, 3.05) is 0 Å². The fourth-order valence-corrected chi connectivity index (χ4v) is 5.98. The van der Waals surface area contributed by atoms with Gasteiger partial charge in [0.15, 0.2) is 15.6 Å². The summed E-state index contributed by atoms with van der Waals surface area (Å²) in [7, 11) is -2.99. The number of fused-ring (bicyclic) bond motifs is 2. The molecule has 0 N–H and O–H groups in total. The van der Waals surface area contributed by atoms with Gasteiger partial charge in [0.2, 0.25) is 0 Å². The van der Waals surface area contributed by atoms with Crippen LogP contribution < -0.4 is 0 Å². The fraction of sp³-hybridized carbons (Fsp3) is 0.600. The van der Waals surface area contributed by atoms with Crippen molar-refractivity contribution in [2.24, 2.45) is 5.92 Å². The normalized spacial score (nSPS) is 31.8. The minimum absolute atomic E-state index is 0.0109. The van der Waals surface area contributed by atoms with Crippen LogP contribution in [0.3, 0.4) is 0 Å². The van der Waals surface area contributed by atoms with Crippen molar-refractivity contribution < 1.29 is 13.2 Å². The molecule has 0 spiro atoms. The number of carbonyl (C=O) groups excluding carboxylic acids is 1. The van der Waals surface area contributed by atoms with E-state index >= 15 is 0 Å². The van der Waals surface area contributed by atoms with Gasteiger partial charge in [-0.2, -0.15) is 0 Å². The van der Waals surface area contributed by atoms with Gasteiger partial charge in [0.25, 0.3) is 0 Å². The predicted molar refractivity (Wildman–Crippen MR) is 76.4 cm³/mol. The molecular formula is C15H19NO3S. The van der Waals surface area contributed by atoms with Crippen LogP contribution in [0.5, 0.6) is 0 Å². The van der Waals surface area contributed by atoms with E-state index in [1.165, 1.54) is 0 Å². The Morgan fingerprint density at radius 3 is 2.40 bits per heavy atom. The lowest BCUT2D eigenvalue weighted by Crippen LogP contribution is -2.45. The van der Waals surface area contributed by atoms with E-state index in [1.807, 2.05) is 13.0 Å².